The first-order valence-corrected chi connectivity index (χ1v) is 10.6. The lowest BCUT2D eigenvalue weighted by molar-refractivity contribution is -0.119. The molecule has 2 aromatic rings. The molecule has 1 unspecified atom stereocenters. The maximum atomic E-state index is 11.9. The summed E-state index contributed by atoms with van der Waals surface area (Å²) in [5.74, 6) is 0.493. The van der Waals surface area contributed by atoms with Crippen LogP contribution >= 0.6 is 0 Å². The first-order chi connectivity index (χ1) is 13.7. The Labute approximate surface area is 174 Å². The molecule has 4 heteroatoms. The number of nitrogens with zero attached hydrogens (tertiary/aromatic N) is 2. The number of piperidine rings is 1. The zero-order chi connectivity index (χ0) is 20.8. The standard InChI is InChI=1S/C25H31N3O/c1-24(2)13-14-25(3,4)19-16-17(11-12-18(19)24)20-8-7-10-22(27-20)28-15-6-5-9-21(28)23(26)29/h7-8,10-12,16,21H,6,9,13-15H2,1-4H3,(H2,26,29). The third kappa shape index (κ3) is 3.65. The SMILES string of the molecule is CC1(C)CCC(C)(C)c2cc(-c3cccc(N4CC[C]CC4C(N)=O)n3)ccc21. The highest BCUT2D eigenvalue weighted by molar-refractivity contribution is 5.84. The van der Waals surface area contributed by atoms with Crippen molar-refractivity contribution in [3.63, 3.8) is 0 Å². The molecule has 1 aromatic heterocycles. The zero-order valence-electron chi connectivity index (χ0n) is 18.0. The van der Waals surface area contributed by atoms with E-state index in [9.17, 15) is 4.79 Å². The topological polar surface area (TPSA) is 59.2 Å². The lowest BCUT2D eigenvalue weighted by Crippen LogP contribution is -2.48. The number of benzene rings is 1. The van der Waals surface area contributed by atoms with Gasteiger partial charge in [0.2, 0.25) is 5.91 Å². The third-order valence-corrected chi connectivity index (χ3v) is 6.75. The van der Waals surface area contributed by atoms with Gasteiger partial charge in [-0.1, -0.05) is 45.9 Å². The van der Waals surface area contributed by atoms with Gasteiger partial charge in [-0.15, -0.1) is 0 Å². The van der Waals surface area contributed by atoms with Gasteiger partial charge in [0.1, 0.15) is 11.9 Å². The van der Waals surface area contributed by atoms with Gasteiger partial charge in [0.25, 0.3) is 0 Å². The molecule has 1 amide bonds. The summed E-state index contributed by atoms with van der Waals surface area (Å²) in [4.78, 5) is 18.8. The molecule has 0 saturated carbocycles. The maximum Gasteiger partial charge on any atom is 0.240 e. The van der Waals surface area contributed by atoms with Crippen LogP contribution in [0.15, 0.2) is 36.4 Å². The number of fused-ring (bicyclic) bond motifs is 1. The summed E-state index contributed by atoms with van der Waals surface area (Å²) in [5, 5.41) is 0. The summed E-state index contributed by atoms with van der Waals surface area (Å²) in [5.41, 5.74) is 10.9. The molecule has 1 saturated heterocycles. The van der Waals surface area contributed by atoms with Gasteiger partial charge in [-0.05, 0) is 72.3 Å². The van der Waals surface area contributed by atoms with Gasteiger partial charge in [0.05, 0.1) is 5.69 Å². The second kappa shape index (κ2) is 7.16. The van der Waals surface area contributed by atoms with E-state index in [0.717, 1.165) is 30.0 Å². The van der Waals surface area contributed by atoms with Crippen LogP contribution < -0.4 is 10.6 Å². The summed E-state index contributed by atoms with van der Waals surface area (Å²) in [6, 6.07) is 12.5. The van der Waals surface area contributed by atoms with Crippen LogP contribution in [-0.4, -0.2) is 23.5 Å². The number of primary amides is 1. The second-order valence-electron chi connectivity index (χ2n) is 9.72. The highest BCUT2D eigenvalue weighted by Gasteiger charge is 2.37. The molecule has 1 aliphatic carbocycles. The molecule has 152 valence electrons. The first kappa shape index (κ1) is 19.9. The fourth-order valence-corrected chi connectivity index (χ4v) is 4.72. The minimum Gasteiger partial charge on any atom is -0.368 e. The van der Waals surface area contributed by atoms with Crippen LogP contribution in [-0.2, 0) is 15.6 Å². The molecule has 1 aliphatic heterocycles. The van der Waals surface area contributed by atoms with E-state index in [1.54, 1.807) is 0 Å². The highest BCUT2D eigenvalue weighted by atomic mass is 16.1. The number of nitrogens with two attached hydrogens (primary N) is 1. The summed E-state index contributed by atoms with van der Waals surface area (Å²) in [7, 11) is 0. The van der Waals surface area contributed by atoms with Crippen LogP contribution in [0.1, 0.15) is 64.5 Å². The van der Waals surface area contributed by atoms with Gasteiger partial charge in [-0.2, -0.15) is 0 Å². The second-order valence-corrected chi connectivity index (χ2v) is 9.72. The van der Waals surface area contributed by atoms with Crippen LogP contribution in [0.25, 0.3) is 11.3 Å². The fourth-order valence-electron chi connectivity index (χ4n) is 4.72. The molecule has 1 aromatic carbocycles. The molecule has 1 atom stereocenters. The smallest absolute Gasteiger partial charge is 0.240 e. The van der Waals surface area contributed by atoms with Crippen molar-refractivity contribution in [2.75, 3.05) is 11.4 Å². The van der Waals surface area contributed by atoms with E-state index in [-0.39, 0.29) is 22.8 Å². The van der Waals surface area contributed by atoms with E-state index >= 15 is 0 Å². The summed E-state index contributed by atoms with van der Waals surface area (Å²) in [6.45, 7) is 10.1. The average molecular weight is 390 g/mol. The molecule has 29 heavy (non-hydrogen) atoms. The molecule has 4 rings (SSSR count). The Morgan fingerprint density at radius 3 is 2.55 bits per heavy atom. The maximum absolute atomic E-state index is 11.9. The number of carbonyl (C=O) groups excluding carboxylic acids is 1. The molecule has 2 heterocycles. The van der Waals surface area contributed by atoms with Crippen molar-refractivity contribution in [2.24, 2.45) is 5.73 Å². The Morgan fingerprint density at radius 2 is 1.83 bits per heavy atom. The summed E-state index contributed by atoms with van der Waals surface area (Å²) in [6.07, 6.45) is 7.01. The number of carbonyl (C=O) groups is 1. The van der Waals surface area contributed by atoms with Crippen molar-refractivity contribution in [2.45, 2.75) is 70.3 Å². The molecular weight excluding hydrogens is 358 g/mol. The number of aromatic nitrogens is 1. The number of amides is 1. The number of anilines is 1. The van der Waals surface area contributed by atoms with Crippen LogP contribution in [0.2, 0.25) is 0 Å². The predicted molar refractivity (Wildman–Crippen MR) is 118 cm³/mol. The Morgan fingerprint density at radius 1 is 1.10 bits per heavy atom. The number of pyridine rings is 1. The Kier molecular flexibility index (Phi) is 4.92. The van der Waals surface area contributed by atoms with E-state index in [1.807, 2.05) is 23.1 Å². The molecule has 2 N–H and O–H groups in total. The van der Waals surface area contributed by atoms with E-state index in [4.69, 9.17) is 10.7 Å². The van der Waals surface area contributed by atoms with Crippen LogP contribution in [0.5, 0.6) is 0 Å². The minimum atomic E-state index is -0.366. The molecule has 2 aliphatic rings. The Balaban J connectivity index is 1.73. The van der Waals surface area contributed by atoms with E-state index in [2.05, 4.69) is 52.3 Å². The van der Waals surface area contributed by atoms with Gasteiger partial charge in [0, 0.05) is 12.1 Å². The molecule has 4 nitrogen and oxygen atoms in total. The lowest BCUT2D eigenvalue weighted by atomic mass is 9.63. The summed E-state index contributed by atoms with van der Waals surface area (Å²) < 4.78 is 0. The first-order valence-electron chi connectivity index (χ1n) is 10.6. The van der Waals surface area contributed by atoms with Crippen molar-refractivity contribution in [1.29, 1.82) is 0 Å². The van der Waals surface area contributed by atoms with E-state index in [1.165, 1.54) is 24.0 Å². The molecule has 0 bridgehead atoms. The molecular formula is C25H31N3O. The fraction of sp³-hybridized carbons (Fsp3) is 0.480. The number of hydrogen-bond acceptors (Lipinski definition) is 3. The minimum absolute atomic E-state index is 0.161. The molecule has 2 radical (unpaired) electrons. The Bertz CT molecular complexity index is 931. The van der Waals surface area contributed by atoms with Gasteiger partial charge in [-0.25, -0.2) is 4.98 Å². The van der Waals surface area contributed by atoms with Gasteiger partial charge in [0.15, 0.2) is 0 Å². The largest absolute Gasteiger partial charge is 0.368 e. The summed E-state index contributed by atoms with van der Waals surface area (Å²) >= 11 is 0. The average Bonchev–Trinajstić information content (AvgIpc) is 2.71. The zero-order valence-corrected chi connectivity index (χ0v) is 18.0. The van der Waals surface area contributed by atoms with Gasteiger partial charge >= 0.3 is 0 Å². The van der Waals surface area contributed by atoms with Crippen molar-refractivity contribution >= 4 is 11.7 Å². The molecule has 0 spiro atoms. The van der Waals surface area contributed by atoms with Crippen molar-refractivity contribution in [3.8, 4) is 11.3 Å². The number of hydrogen-bond donors (Lipinski definition) is 1. The van der Waals surface area contributed by atoms with E-state index in [0.29, 0.717) is 6.42 Å². The highest BCUT2D eigenvalue weighted by Crippen LogP contribution is 2.46. The van der Waals surface area contributed by atoms with Gasteiger partial charge < -0.3 is 10.6 Å². The normalized spacial score (nSPS) is 22.8. The van der Waals surface area contributed by atoms with Crippen LogP contribution in [0, 0.1) is 6.42 Å². The lowest BCUT2D eigenvalue weighted by Gasteiger charge is -2.42. The van der Waals surface area contributed by atoms with Crippen molar-refractivity contribution < 1.29 is 4.79 Å². The third-order valence-electron chi connectivity index (χ3n) is 6.75. The quantitative estimate of drug-likeness (QED) is 0.832. The van der Waals surface area contributed by atoms with Crippen LogP contribution in [0.3, 0.4) is 0 Å². The van der Waals surface area contributed by atoms with Crippen LogP contribution in [0.4, 0.5) is 5.82 Å². The Hall–Kier alpha value is -2.36. The predicted octanol–water partition coefficient (Wildman–Crippen LogP) is 4.63. The van der Waals surface area contributed by atoms with E-state index < -0.39 is 0 Å². The van der Waals surface area contributed by atoms with Gasteiger partial charge in [-0.3, -0.25) is 4.79 Å². The monoisotopic (exact) mass is 389 g/mol. The molecule has 1 fully saturated rings. The van der Waals surface area contributed by atoms with Crippen molar-refractivity contribution in [1.82, 2.24) is 4.98 Å². The number of rotatable bonds is 3. The van der Waals surface area contributed by atoms with Crippen molar-refractivity contribution in [3.05, 3.63) is 53.9 Å².